The van der Waals surface area contributed by atoms with Crippen LogP contribution >= 0.6 is 34.8 Å². The molecule has 0 bridgehead atoms. The van der Waals surface area contributed by atoms with E-state index < -0.39 is 11.3 Å². The summed E-state index contributed by atoms with van der Waals surface area (Å²) in [6, 6.07) is 9.95. The number of rotatable bonds is 4. The Hall–Kier alpha value is -2.84. The van der Waals surface area contributed by atoms with E-state index in [-0.39, 0.29) is 32.7 Å². The van der Waals surface area contributed by atoms with Crippen LogP contribution in [0.3, 0.4) is 0 Å². The van der Waals surface area contributed by atoms with Crippen molar-refractivity contribution < 1.29 is 4.79 Å². The molecular formula is C18H11Cl3N6O. The Kier molecular flexibility index (Phi) is 5.18. The molecule has 0 aliphatic rings. The predicted molar refractivity (Wildman–Crippen MR) is 105 cm³/mol. The van der Waals surface area contributed by atoms with Crippen LogP contribution in [-0.2, 0) is 12.0 Å². The van der Waals surface area contributed by atoms with Gasteiger partial charge in [-0.1, -0.05) is 34.8 Å². The lowest BCUT2D eigenvalue weighted by molar-refractivity contribution is 0.0998. The van der Waals surface area contributed by atoms with Gasteiger partial charge in [0.15, 0.2) is 0 Å². The van der Waals surface area contributed by atoms with Crippen LogP contribution in [0, 0.1) is 22.7 Å². The highest BCUT2D eigenvalue weighted by molar-refractivity contribution is 6.47. The number of nitrogens with zero attached hydrogens (tertiary/aromatic N) is 5. The summed E-state index contributed by atoms with van der Waals surface area (Å²) in [7, 11) is 0. The fraction of sp³-hybridized carbons (Fsp3) is 0.167. The Morgan fingerprint density at radius 2 is 1.86 bits per heavy atom. The summed E-state index contributed by atoms with van der Waals surface area (Å²) in [5, 5.41) is 28.3. The molecule has 140 valence electrons. The van der Waals surface area contributed by atoms with Crippen LogP contribution < -0.4 is 5.73 Å². The monoisotopic (exact) mass is 432 g/mol. The van der Waals surface area contributed by atoms with E-state index in [0.717, 1.165) is 0 Å². The van der Waals surface area contributed by atoms with Crippen molar-refractivity contribution in [2.75, 3.05) is 0 Å². The SMILES string of the molecule is CC(C#N)(Cn1nc2c(Cl)cc(Cl)c(Cl)c2n1)c1cc(C#N)ccc1C(N)=O. The quantitative estimate of drug-likeness (QED) is 0.626. The van der Waals surface area contributed by atoms with Crippen LogP contribution in [0.4, 0.5) is 0 Å². The van der Waals surface area contributed by atoms with Gasteiger partial charge in [-0.2, -0.15) is 25.5 Å². The van der Waals surface area contributed by atoms with Crippen molar-refractivity contribution in [2.24, 2.45) is 5.73 Å². The first-order valence-corrected chi connectivity index (χ1v) is 8.97. The number of nitrogens with two attached hydrogens (primary N) is 1. The molecule has 2 aromatic carbocycles. The van der Waals surface area contributed by atoms with Gasteiger partial charge in [0.05, 0.1) is 39.3 Å². The third-order valence-electron chi connectivity index (χ3n) is 4.27. The molecule has 2 N–H and O–H groups in total. The Morgan fingerprint density at radius 3 is 2.46 bits per heavy atom. The van der Waals surface area contributed by atoms with Crippen LogP contribution in [0.5, 0.6) is 0 Å². The molecule has 0 aliphatic carbocycles. The van der Waals surface area contributed by atoms with E-state index >= 15 is 0 Å². The standard InChI is InChI=1S/C18H11Cl3N6O/c1-18(7-23,11-4-9(6-22)2-3-10(11)17(24)28)8-27-25-15-13(20)5-12(19)14(21)16(15)26-27/h2-5H,8H2,1H3,(H2,24,28). The molecule has 0 radical (unpaired) electrons. The maximum atomic E-state index is 11.8. The normalized spacial score (nSPS) is 12.9. The smallest absolute Gasteiger partial charge is 0.249 e. The molecule has 1 atom stereocenters. The fourth-order valence-corrected chi connectivity index (χ4v) is 3.50. The van der Waals surface area contributed by atoms with Gasteiger partial charge in [0.1, 0.15) is 16.4 Å². The molecular weight excluding hydrogens is 423 g/mol. The van der Waals surface area contributed by atoms with Crippen molar-refractivity contribution in [1.29, 1.82) is 10.5 Å². The van der Waals surface area contributed by atoms with E-state index in [0.29, 0.717) is 16.6 Å². The fourth-order valence-electron chi connectivity index (χ4n) is 2.83. The Bertz CT molecular complexity index is 1210. The van der Waals surface area contributed by atoms with Gasteiger partial charge in [0.25, 0.3) is 0 Å². The molecule has 0 saturated heterocycles. The molecule has 1 amide bonds. The van der Waals surface area contributed by atoms with Crippen LogP contribution in [0.1, 0.15) is 28.4 Å². The average Bonchev–Trinajstić information content (AvgIpc) is 3.09. The number of hydrogen-bond donors (Lipinski definition) is 1. The molecule has 1 aromatic heterocycles. The predicted octanol–water partition coefficient (Wildman–Crippen LogP) is 3.84. The molecule has 10 heteroatoms. The number of carbonyl (C=O) groups is 1. The van der Waals surface area contributed by atoms with Crippen LogP contribution in [0.25, 0.3) is 11.0 Å². The second kappa shape index (κ2) is 7.29. The molecule has 0 fully saturated rings. The Balaban J connectivity index is 2.15. The van der Waals surface area contributed by atoms with Gasteiger partial charge < -0.3 is 5.73 Å². The van der Waals surface area contributed by atoms with Crippen LogP contribution in [-0.4, -0.2) is 20.9 Å². The zero-order valence-electron chi connectivity index (χ0n) is 14.4. The number of primary amides is 1. The number of aromatic nitrogens is 3. The lowest BCUT2D eigenvalue weighted by Crippen LogP contribution is -2.31. The maximum Gasteiger partial charge on any atom is 0.249 e. The van der Waals surface area contributed by atoms with Crippen molar-refractivity contribution >= 4 is 51.7 Å². The molecule has 0 aliphatic heterocycles. The first-order valence-electron chi connectivity index (χ1n) is 7.84. The van der Waals surface area contributed by atoms with Crippen molar-refractivity contribution in [3.8, 4) is 12.1 Å². The average molecular weight is 434 g/mol. The van der Waals surface area contributed by atoms with E-state index in [1.54, 1.807) is 6.92 Å². The first kappa shape index (κ1) is 19.9. The minimum absolute atomic E-state index is 0.0440. The van der Waals surface area contributed by atoms with E-state index in [4.69, 9.17) is 40.5 Å². The molecule has 1 heterocycles. The topological polar surface area (TPSA) is 121 Å². The summed E-state index contributed by atoms with van der Waals surface area (Å²) in [6.45, 7) is 1.55. The minimum atomic E-state index is -1.27. The number of halogens is 3. The second-order valence-electron chi connectivity index (χ2n) is 6.26. The highest BCUT2D eigenvalue weighted by Crippen LogP contribution is 2.35. The van der Waals surface area contributed by atoms with Crippen molar-refractivity contribution in [3.63, 3.8) is 0 Å². The largest absolute Gasteiger partial charge is 0.366 e. The lowest BCUT2D eigenvalue weighted by Gasteiger charge is -2.23. The van der Waals surface area contributed by atoms with Gasteiger partial charge in [0, 0.05) is 5.56 Å². The highest BCUT2D eigenvalue weighted by atomic mass is 35.5. The third kappa shape index (κ3) is 3.36. The minimum Gasteiger partial charge on any atom is -0.366 e. The third-order valence-corrected chi connectivity index (χ3v) is 5.33. The number of fused-ring (bicyclic) bond motifs is 1. The number of carbonyl (C=O) groups excluding carboxylic acids is 1. The van der Waals surface area contributed by atoms with Gasteiger partial charge in [-0.15, -0.1) is 0 Å². The van der Waals surface area contributed by atoms with E-state index in [1.165, 1.54) is 29.1 Å². The van der Waals surface area contributed by atoms with Gasteiger partial charge in [0.2, 0.25) is 5.91 Å². The summed E-state index contributed by atoms with van der Waals surface area (Å²) < 4.78 is 0. The van der Waals surface area contributed by atoms with E-state index in [2.05, 4.69) is 16.3 Å². The van der Waals surface area contributed by atoms with Gasteiger partial charge in [-0.25, -0.2) is 0 Å². The van der Waals surface area contributed by atoms with Gasteiger partial charge >= 0.3 is 0 Å². The molecule has 28 heavy (non-hydrogen) atoms. The maximum absolute atomic E-state index is 11.8. The summed E-state index contributed by atoms with van der Waals surface area (Å²) >= 11 is 18.3. The van der Waals surface area contributed by atoms with Crippen molar-refractivity contribution in [3.05, 3.63) is 56.0 Å². The van der Waals surface area contributed by atoms with Gasteiger partial charge in [-0.3, -0.25) is 4.79 Å². The van der Waals surface area contributed by atoms with E-state index in [1.807, 2.05) is 6.07 Å². The summed E-state index contributed by atoms with van der Waals surface area (Å²) in [5.41, 5.74) is 5.54. The van der Waals surface area contributed by atoms with Crippen LogP contribution in [0.2, 0.25) is 15.1 Å². The molecule has 1 unspecified atom stereocenters. The first-order chi connectivity index (χ1) is 13.2. The molecule has 0 saturated carbocycles. The van der Waals surface area contributed by atoms with Crippen LogP contribution in [0.15, 0.2) is 24.3 Å². The van der Waals surface area contributed by atoms with Crippen molar-refractivity contribution in [1.82, 2.24) is 15.0 Å². The molecule has 0 spiro atoms. The van der Waals surface area contributed by atoms with Crippen molar-refractivity contribution in [2.45, 2.75) is 18.9 Å². The zero-order valence-corrected chi connectivity index (χ0v) is 16.6. The summed E-state index contributed by atoms with van der Waals surface area (Å²) in [4.78, 5) is 13.1. The number of amides is 1. The van der Waals surface area contributed by atoms with Gasteiger partial charge in [-0.05, 0) is 36.8 Å². The zero-order chi connectivity index (χ0) is 20.6. The molecule has 7 nitrogen and oxygen atoms in total. The number of hydrogen-bond acceptors (Lipinski definition) is 5. The lowest BCUT2D eigenvalue weighted by atomic mass is 9.80. The molecule has 3 aromatic rings. The number of benzene rings is 2. The highest BCUT2D eigenvalue weighted by Gasteiger charge is 2.33. The summed E-state index contributed by atoms with van der Waals surface area (Å²) in [6.07, 6.45) is 0. The second-order valence-corrected chi connectivity index (χ2v) is 7.45. The number of nitriles is 2. The Labute approximate surface area is 174 Å². The Morgan fingerprint density at radius 1 is 1.18 bits per heavy atom. The summed E-state index contributed by atoms with van der Waals surface area (Å²) in [5.74, 6) is -0.711. The molecule has 3 rings (SSSR count). The van der Waals surface area contributed by atoms with E-state index in [9.17, 15) is 15.3 Å².